The predicted molar refractivity (Wildman–Crippen MR) is 101 cm³/mol. The van der Waals surface area contributed by atoms with Crippen LogP contribution in [0.1, 0.15) is 24.8 Å². The lowest BCUT2D eigenvalue weighted by Gasteiger charge is -2.32. The highest BCUT2D eigenvalue weighted by molar-refractivity contribution is 5.85. The molecule has 0 bridgehead atoms. The molecule has 2 aromatic rings. The highest BCUT2D eigenvalue weighted by Crippen LogP contribution is 2.32. The quantitative estimate of drug-likeness (QED) is 0.846. The second-order valence-electron chi connectivity index (χ2n) is 5.96. The first-order valence-corrected chi connectivity index (χ1v) is 8.48. The van der Waals surface area contributed by atoms with E-state index in [1.807, 2.05) is 31.2 Å². The van der Waals surface area contributed by atoms with Gasteiger partial charge >= 0.3 is 0 Å². The van der Waals surface area contributed by atoms with Crippen molar-refractivity contribution in [3.8, 4) is 11.5 Å². The largest absolute Gasteiger partial charge is 0.490 e. The van der Waals surface area contributed by atoms with Gasteiger partial charge in [-0.05, 0) is 43.5 Å². The molecule has 1 N–H and O–H groups in total. The molecule has 1 fully saturated rings. The van der Waals surface area contributed by atoms with Gasteiger partial charge in [0.05, 0.1) is 13.2 Å². The molecule has 130 valence electrons. The first kappa shape index (κ1) is 18.6. The fourth-order valence-electron chi connectivity index (χ4n) is 3.28. The summed E-state index contributed by atoms with van der Waals surface area (Å²) in [6.45, 7) is 5.42. The molecule has 2 atom stereocenters. The Hall–Kier alpha value is -1.71. The van der Waals surface area contributed by atoms with Gasteiger partial charge < -0.3 is 14.8 Å². The SMILES string of the molecule is CCOc1ccccc1OC[C@@H]1CNCC[C@H]1c1ccccc1.Cl. The van der Waals surface area contributed by atoms with Crippen LogP contribution in [-0.2, 0) is 0 Å². The summed E-state index contributed by atoms with van der Waals surface area (Å²) in [5, 5.41) is 3.50. The van der Waals surface area contributed by atoms with E-state index in [2.05, 4.69) is 35.6 Å². The van der Waals surface area contributed by atoms with Gasteiger partial charge in [-0.2, -0.15) is 0 Å². The van der Waals surface area contributed by atoms with E-state index in [1.54, 1.807) is 0 Å². The van der Waals surface area contributed by atoms with Crippen LogP contribution in [0.3, 0.4) is 0 Å². The number of piperidine rings is 1. The van der Waals surface area contributed by atoms with E-state index in [0.29, 0.717) is 25.0 Å². The molecule has 24 heavy (non-hydrogen) atoms. The molecule has 3 nitrogen and oxygen atoms in total. The maximum absolute atomic E-state index is 6.12. The molecule has 1 saturated heterocycles. The van der Waals surface area contributed by atoms with Gasteiger partial charge in [0.1, 0.15) is 0 Å². The fraction of sp³-hybridized carbons (Fsp3) is 0.400. The van der Waals surface area contributed by atoms with Crippen molar-refractivity contribution in [2.45, 2.75) is 19.3 Å². The Morgan fingerprint density at radius 1 is 0.958 bits per heavy atom. The zero-order chi connectivity index (χ0) is 15.9. The lowest BCUT2D eigenvalue weighted by molar-refractivity contribution is 0.189. The summed E-state index contributed by atoms with van der Waals surface area (Å²) in [4.78, 5) is 0. The Balaban J connectivity index is 0.00000208. The minimum Gasteiger partial charge on any atom is -0.490 e. The number of benzene rings is 2. The number of rotatable bonds is 6. The van der Waals surface area contributed by atoms with E-state index in [4.69, 9.17) is 9.47 Å². The van der Waals surface area contributed by atoms with Gasteiger partial charge in [-0.3, -0.25) is 0 Å². The topological polar surface area (TPSA) is 30.5 Å². The average Bonchev–Trinajstić information content (AvgIpc) is 2.62. The summed E-state index contributed by atoms with van der Waals surface area (Å²) in [5.41, 5.74) is 1.42. The average molecular weight is 348 g/mol. The third kappa shape index (κ3) is 4.65. The van der Waals surface area contributed by atoms with Crippen LogP contribution in [0, 0.1) is 5.92 Å². The van der Waals surface area contributed by atoms with Crippen LogP contribution in [0.25, 0.3) is 0 Å². The summed E-state index contributed by atoms with van der Waals surface area (Å²) in [6, 6.07) is 18.7. The van der Waals surface area contributed by atoms with Crippen molar-refractivity contribution in [3.63, 3.8) is 0 Å². The summed E-state index contributed by atoms with van der Waals surface area (Å²) >= 11 is 0. The second-order valence-corrected chi connectivity index (χ2v) is 5.96. The molecule has 1 aliphatic rings. The Morgan fingerprint density at radius 2 is 1.62 bits per heavy atom. The van der Waals surface area contributed by atoms with E-state index in [-0.39, 0.29) is 12.4 Å². The van der Waals surface area contributed by atoms with Gasteiger partial charge in [0.25, 0.3) is 0 Å². The van der Waals surface area contributed by atoms with Crippen molar-refractivity contribution >= 4 is 12.4 Å². The highest BCUT2D eigenvalue weighted by atomic mass is 35.5. The molecule has 0 unspecified atom stereocenters. The Kier molecular flexibility index (Phi) is 7.41. The zero-order valence-electron chi connectivity index (χ0n) is 14.1. The molecule has 0 saturated carbocycles. The van der Waals surface area contributed by atoms with Crippen LogP contribution in [-0.4, -0.2) is 26.3 Å². The lowest BCUT2D eigenvalue weighted by atomic mass is 9.81. The Bertz CT molecular complexity index is 606. The van der Waals surface area contributed by atoms with Gasteiger partial charge in [-0.25, -0.2) is 0 Å². The van der Waals surface area contributed by atoms with Gasteiger partial charge in [0.2, 0.25) is 0 Å². The summed E-state index contributed by atoms with van der Waals surface area (Å²) in [5.74, 6) is 2.69. The molecule has 4 heteroatoms. The van der Waals surface area contributed by atoms with Crippen molar-refractivity contribution in [1.29, 1.82) is 0 Å². The highest BCUT2D eigenvalue weighted by Gasteiger charge is 2.27. The number of para-hydroxylation sites is 2. The van der Waals surface area contributed by atoms with E-state index in [9.17, 15) is 0 Å². The van der Waals surface area contributed by atoms with Gasteiger partial charge in [-0.1, -0.05) is 42.5 Å². The summed E-state index contributed by atoms with van der Waals surface area (Å²) < 4.78 is 11.8. The first-order valence-electron chi connectivity index (χ1n) is 8.48. The normalized spacial score (nSPS) is 20.0. The summed E-state index contributed by atoms with van der Waals surface area (Å²) in [7, 11) is 0. The molecular formula is C20H26ClNO2. The third-order valence-electron chi connectivity index (χ3n) is 4.44. The number of nitrogens with one attached hydrogen (secondary N) is 1. The van der Waals surface area contributed by atoms with Gasteiger partial charge in [0, 0.05) is 12.5 Å². The second kappa shape index (κ2) is 9.55. The number of ether oxygens (including phenoxy) is 2. The van der Waals surface area contributed by atoms with Crippen molar-refractivity contribution < 1.29 is 9.47 Å². The first-order chi connectivity index (χ1) is 11.4. The predicted octanol–water partition coefficient (Wildman–Crippen LogP) is 4.28. The molecule has 0 radical (unpaired) electrons. The van der Waals surface area contributed by atoms with Crippen molar-refractivity contribution in [2.24, 2.45) is 5.92 Å². The Labute approximate surface area is 150 Å². The van der Waals surface area contributed by atoms with Crippen LogP contribution >= 0.6 is 12.4 Å². The lowest BCUT2D eigenvalue weighted by Crippen LogP contribution is -2.38. The van der Waals surface area contributed by atoms with Crippen LogP contribution in [0.5, 0.6) is 11.5 Å². The monoisotopic (exact) mass is 347 g/mol. The molecule has 0 amide bonds. The molecule has 0 aromatic heterocycles. The van der Waals surface area contributed by atoms with Crippen LogP contribution < -0.4 is 14.8 Å². The standard InChI is InChI=1S/C20H25NO2.ClH/c1-2-22-19-10-6-7-11-20(19)23-15-17-14-21-13-12-18(17)16-8-4-3-5-9-16;/h3-11,17-18,21H,2,12-15H2,1H3;1H/t17-,18-;/m0./s1. The van der Waals surface area contributed by atoms with Crippen LogP contribution in [0.15, 0.2) is 54.6 Å². The van der Waals surface area contributed by atoms with Crippen molar-refractivity contribution in [3.05, 3.63) is 60.2 Å². The molecule has 0 aliphatic carbocycles. The van der Waals surface area contributed by atoms with Gasteiger partial charge in [0.15, 0.2) is 11.5 Å². The van der Waals surface area contributed by atoms with E-state index in [1.165, 1.54) is 5.56 Å². The smallest absolute Gasteiger partial charge is 0.161 e. The van der Waals surface area contributed by atoms with E-state index < -0.39 is 0 Å². The fourth-order valence-corrected chi connectivity index (χ4v) is 3.28. The maximum atomic E-state index is 6.12. The molecular weight excluding hydrogens is 322 g/mol. The van der Waals surface area contributed by atoms with Crippen LogP contribution in [0.2, 0.25) is 0 Å². The van der Waals surface area contributed by atoms with Crippen molar-refractivity contribution in [2.75, 3.05) is 26.3 Å². The number of hydrogen-bond acceptors (Lipinski definition) is 3. The molecule has 1 aliphatic heterocycles. The molecule has 1 heterocycles. The number of halogens is 1. The number of hydrogen-bond donors (Lipinski definition) is 1. The minimum absolute atomic E-state index is 0. The maximum Gasteiger partial charge on any atom is 0.161 e. The Morgan fingerprint density at radius 3 is 2.33 bits per heavy atom. The summed E-state index contributed by atoms with van der Waals surface area (Å²) in [6.07, 6.45) is 1.16. The van der Waals surface area contributed by atoms with Crippen LogP contribution in [0.4, 0.5) is 0 Å². The minimum atomic E-state index is 0. The third-order valence-corrected chi connectivity index (χ3v) is 4.44. The zero-order valence-corrected chi connectivity index (χ0v) is 14.9. The van der Waals surface area contributed by atoms with Gasteiger partial charge in [-0.15, -0.1) is 12.4 Å². The van der Waals surface area contributed by atoms with Crippen molar-refractivity contribution in [1.82, 2.24) is 5.32 Å². The van der Waals surface area contributed by atoms with E-state index in [0.717, 1.165) is 31.0 Å². The van der Waals surface area contributed by atoms with E-state index >= 15 is 0 Å². The molecule has 0 spiro atoms. The molecule has 3 rings (SSSR count). The molecule has 2 aromatic carbocycles.